The Morgan fingerprint density at radius 2 is 2.00 bits per heavy atom. The van der Waals surface area contributed by atoms with Crippen LogP contribution in [0.15, 0.2) is 35.5 Å². The molecule has 0 N–H and O–H groups in total. The van der Waals surface area contributed by atoms with Crippen LogP contribution >= 0.6 is 0 Å². The van der Waals surface area contributed by atoms with Crippen molar-refractivity contribution in [1.82, 2.24) is 0 Å². The Morgan fingerprint density at radius 3 is 2.50 bits per heavy atom. The van der Waals surface area contributed by atoms with Gasteiger partial charge in [0, 0.05) is 5.92 Å². The molecule has 0 saturated heterocycles. The molecule has 1 rings (SSSR count). The Balaban J connectivity index is 2.72. The monoisotopic (exact) mass is 163 g/mol. The molecule has 1 aromatic carbocycles. The van der Waals surface area contributed by atoms with Crippen molar-refractivity contribution >= 4 is 0 Å². The van der Waals surface area contributed by atoms with E-state index in [4.69, 9.17) is 0 Å². The van der Waals surface area contributed by atoms with Gasteiger partial charge in [0.05, 0.1) is 6.54 Å². The van der Waals surface area contributed by atoms with E-state index in [2.05, 4.69) is 12.1 Å². The van der Waals surface area contributed by atoms with Gasteiger partial charge in [-0.25, -0.2) is 0 Å². The summed E-state index contributed by atoms with van der Waals surface area (Å²) < 4.78 is 0. The first-order chi connectivity index (χ1) is 5.88. The molecule has 64 valence electrons. The fourth-order valence-corrected chi connectivity index (χ4v) is 1.29. The molecule has 0 amide bonds. The molecule has 0 heterocycles. The highest BCUT2D eigenvalue weighted by atomic mass is 16.3. The van der Waals surface area contributed by atoms with Crippen LogP contribution in [0.4, 0.5) is 0 Å². The molecule has 0 saturated carbocycles. The lowest BCUT2D eigenvalue weighted by atomic mass is 9.97. The lowest BCUT2D eigenvalue weighted by Gasteiger charge is -2.09. The summed E-state index contributed by atoms with van der Waals surface area (Å²) in [5.41, 5.74) is 1.21. The molecule has 0 bridgehead atoms. The fourth-order valence-electron chi connectivity index (χ4n) is 1.29. The third-order valence-electron chi connectivity index (χ3n) is 2.06. The van der Waals surface area contributed by atoms with Crippen LogP contribution in [-0.4, -0.2) is 6.54 Å². The number of rotatable bonds is 4. The molecule has 0 aliphatic rings. The Labute approximate surface area is 72.6 Å². The number of hydrogen-bond acceptors (Lipinski definition) is 2. The lowest BCUT2D eigenvalue weighted by Crippen LogP contribution is -2.00. The van der Waals surface area contributed by atoms with Crippen LogP contribution < -0.4 is 0 Å². The van der Waals surface area contributed by atoms with E-state index in [1.165, 1.54) is 5.56 Å². The van der Waals surface area contributed by atoms with Gasteiger partial charge in [0.1, 0.15) is 0 Å². The number of benzene rings is 1. The molecule has 1 aromatic rings. The summed E-state index contributed by atoms with van der Waals surface area (Å²) in [7, 11) is 0. The molecule has 12 heavy (non-hydrogen) atoms. The van der Waals surface area contributed by atoms with Crippen LogP contribution in [0.5, 0.6) is 0 Å². The van der Waals surface area contributed by atoms with Crippen LogP contribution in [0.1, 0.15) is 24.8 Å². The van der Waals surface area contributed by atoms with Gasteiger partial charge >= 0.3 is 0 Å². The van der Waals surface area contributed by atoms with Crippen molar-refractivity contribution in [3.63, 3.8) is 0 Å². The number of nitroso groups, excluding NO2 is 1. The SMILES string of the molecule is CCC(CN=O)c1ccccc1. The first kappa shape index (κ1) is 8.91. The largest absolute Gasteiger partial charge is 0.151 e. The first-order valence-corrected chi connectivity index (χ1v) is 4.22. The van der Waals surface area contributed by atoms with Crippen LogP contribution in [0.3, 0.4) is 0 Å². The zero-order chi connectivity index (χ0) is 8.81. The molecule has 0 aliphatic heterocycles. The smallest absolute Gasteiger partial charge is 0.0879 e. The zero-order valence-electron chi connectivity index (χ0n) is 7.23. The maximum Gasteiger partial charge on any atom is 0.0879 e. The van der Waals surface area contributed by atoms with Crippen molar-refractivity contribution in [1.29, 1.82) is 0 Å². The maximum absolute atomic E-state index is 10.1. The standard InChI is InChI=1S/C10H13NO/c1-2-9(8-11-12)10-6-4-3-5-7-10/h3-7,9H,2,8H2,1H3. The van der Waals surface area contributed by atoms with Crippen molar-refractivity contribution < 1.29 is 0 Å². The summed E-state index contributed by atoms with van der Waals surface area (Å²) in [6.07, 6.45) is 0.968. The van der Waals surface area contributed by atoms with Crippen LogP contribution in [0.2, 0.25) is 0 Å². The molecule has 1 unspecified atom stereocenters. The van der Waals surface area contributed by atoms with Gasteiger partial charge in [0.15, 0.2) is 0 Å². The highest BCUT2D eigenvalue weighted by Crippen LogP contribution is 2.18. The highest BCUT2D eigenvalue weighted by Gasteiger charge is 2.07. The summed E-state index contributed by atoms with van der Waals surface area (Å²) in [6.45, 7) is 2.46. The summed E-state index contributed by atoms with van der Waals surface area (Å²) in [5.74, 6) is 0.295. The minimum Gasteiger partial charge on any atom is -0.151 e. The molecule has 0 spiro atoms. The van der Waals surface area contributed by atoms with E-state index in [1.807, 2.05) is 30.3 Å². The predicted molar refractivity (Wildman–Crippen MR) is 50.1 cm³/mol. The van der Waals surface area contributed by atoms with E-state index in [-0.39, 0.29) is 0 Å². The van der Waals surface area contributed by atoms with E-state index in [1.54, 1.807) is 0 Å². The van der Waals surface area contributed by atoms with E-state index in [0.29, 0.717) is 12.5 Å². The maximum atomic E-state index is 10.1. The van der Waals surface area contributed by atoms with Gasteiger partial charge in [-0.2, -0.15) is 4.91 Å². The molecular formula is C10H13NO. The van der Waals surface area contributed by atoms with Gasteiger partial charge in [0.2, 0.25) is 0 Å². The molecule has 0 fully saturated rings. The van der Waals surface area contributed by atoms with Gasteiger partial charge in [-0.15, -0.1) is 0 Å². The molecule has 0 aliphatic carbocycles. The summed E-state index contributed by atoms with van der Waals surface area (Å²) in [5, 5.41) is 2.93. The highest BCUT2D eigenvalue weighted by molar-refractivity contribution is 5.19. The second kappa shape index (κ2) is 4.65. The molecule has 1 atom stereocenters. The zero-order valence-corrected chi connectivity index (χ0v) is 7.23. The Hall–Kier alpha value is -1.18. The Kier molecular flexibility index (Phi) is 3.45. The van der Waals surface area contributed by atoms with Crippen LogP contribution in [0, 0.1) is 4.91 Å². The van der Waals surface area contributed by atoms with Crippen molar-refractivity contribution in [2.75, 3.05) is 6.54 Å². The van der Waals surface area contributed by atoms with Crippen molar-refractivity contribution in [3.8, 4) is 0 Å². The second-order valence-corrected chi connectivity index (χ2v) is 2.83. The topological polar surface area (TPSA) is 29.4 Å². The molecular weight excluding hydrogens is 150 g/mol. The quantitative estimate of drug-likeness (QED) is 0.627. The lowest BCUT2D eigenvalue weighted by molar-refractivity contribution is 0.673. The Bertz CT molecular complexity index is 233. The summed E-state index contributed by atoms with van der Waals surface area (Å²) in [6, 6.07) is 10.0. The third-order valence-corrected chi connectivity index (χ3v) is 2.06. The first-order valence-electron chi connectivity index (χ1n) is 4.22. The minimum atomic E-state index is 0.295. The average molecular weight is 163 g/mol. The molecule has 2 nitrogen and oxygen atoms in total. The fraction of sp³-hybridized carbons (Fsp3) is 0.400. The summed E-state index contributed by atoms with van der Waals surface area (Å²) >= 11 is 0. The van der Waals surface area contributed by atoms with Gasteiger partial charge in [-0.1, -0.05) is 42.4 Å². The van der Waals surface area contributed by atoms with Crippen LogP contribution in [-0.2, 0) is 0 Å². The molecule has 0 aromatic heterocycles. The van der Waals surface area contributed by atoms with E-state index < -0.39 is 0 Å². The molecule has 2 heteroatoms. The number of nitrogens with zero attached hydrogens (tertiary/aromatic N) is 1. The van der Waals surface area contributed by atoms with E-state index in [9.17, 15) is 4.91 Å². The van der Waals surface area contributed by atoms with E-state index >= 15 is 0 Å². The van der Waals surface area contributed by atoms with Crippen molar-refractivity contribution in [2.24, 2.45) is 5.18 Å². The van der Waals surface area contributed by atoms with E-state index in [0.717, 1.165) is 6.42 Å². The second-order valence-electron chi connectivity index (χ2n) is 2.83. The number of hydrogen-bond donors (Lipinski definition) is 0. The predicted octanol–water partition coefficient (Wildman–Crippen LogP) is 2.95. The summed E-state index contributed by atoms with van der Waals surface area (Å²) in [4.78, 5) is 10.1. The van der Waals surface area contributed by atoms with Gasteiger partial charge in [-0.05, 0) is 12.0 Å². The van der Waals surface area contributed by atoms with Gasteiger partial charge in [-0.3, -0.25) is 0 Å². The minimum absolute atomic E-state index is 0.295. The Morgan fingerprint density at radius 1 is 1.33 bits per heavy atom. The normalized spacial score (nSPS) is 12.4. The van der Waals surface area contributed by atoms with Gasteiger partial charge in [0.25, 0.3) is 0 Å². The van der Waals surface area contributed by atoms with Gasteiger partial charge < -0.3 is 0 Å². The average Bonchev–Trinajstić information content (AvgIpc) is 2.15. The van der Waals surface area contributed by atoms with Crippen LogP contribution in [0.25, 0.3) is 0 Å². The third kappa shape index (κ3) is 2.16. The van der Waals surface area contributed by atoms with Crippen molar-refractivity contribution in [3.05, 3.63) is 40.8 Å². The molecule has 0 radical (unpaired) electrons. The van der Waals surface area contributed by atoms with Crippen molar-refractivity contribution in [2.45, 2.75) is 19.3 Å².